The highest BCUT2D eigenvalue weighted by Crippen LogP contribution is 2.04. The molecule has 1 aromatic carbocycles. The van der Waals surface area contributed by atoms with E-state index in [0.717, 1.165) is 12.2 Å². The van der Waals surface area contributed by atoms with Crippen LogP contribution < -0.4 is 10.6 Å². The summed E-state index contributed by atoms with van der Waals surface area (Å²) in [6, 6.07) is 9.17. The first kappa shape index (κ1) is 14.2. The predicted octanol–water partition coefficient (Wildman–Crippen LogP) is 0.693. The van der Waals surface area contributed by atoms with Crippen molar-refractivity contribution in [1.82, 2.24) is 10.2 Å². The van der Waals surface area contributed by atoms with Crippen LogP contribution in [-0.4, -0.2) is 43.4 Å². The summed E-state index contributed by atoms with van der Waals surface area (Å²) < 4.78 is 0. The van der Waals surface area contributed by atoms with E-state index in [4.69, 9.17) is 0 Å². The number of carbonyl (C=O) groups is 2. The van der Waals surface area contributed by atoms with Crippen molar-refractivity contribution < 1.29 is 9.59 Å². The molecule has 0 saturated heterocycles. The molecule has 0 spiro atoms. The van der Waals surface area contributed by atoms with E-state index in [1.54, 1.807) is 19.2 Å². The van der Waals surface area contributed by atoms with Gasteiger partial charge in [0.1, 0.15) is 0 Å². The van der Waals surface area contributed by atoms with Gasteiger partial charge in [0.25, 0.3) is 0 Å². The van der Waals surface area contributed by atoms with Gasteiger partial charge in [0.2, 0.25) is 11.8 Å². The molecule has 1 rings (SSSR count). The molecule has 0 atom stereocenters. The molecular formula is C13H19N3O2. The molecule has 0 heterocycles. The van der Waals surface area contributed by atoms with Crippen LogP contribution in [0.4, 0.5) is 5.69 Å². The summed E-state index contributed by atoms with van der Waals surface area (Å²) in [4.78, 5) is 24.7. The Bertz CT molecular complexity index is 392. The molecule has 0 aliphatic heterocycles. The van der Waals surface area contributed by atoms with Crippen LogP contribution in [-0.2, 0) is 9.59 Å². The molecule has 2 N–H and O–H groups in total. The first-order valence-electron chi connectivity index (χ1n) is 5.93. The predicted molar refractivity (Wildman–Crippen MR) is 71.3 cm³/mol. The lowest BCUT2D eigenvalue weighted by atomic mass is 10.3. The van der Waals surface area contributed by atoms with Gasteiger partial charge in [0.15, 0.2) is 0 Å². The van der Waals surface area contributed by atoms with E-state index in [2.05, 4.69) is 10.6 Å². The van der Waals surface area contributed by atoms with Crippen LogP contribution in [0.2, 0.25) is 0 Å². The molecule has 98 valence electrons. The number of rotatable bonds is 6. The van der Waals surface area contributed by atoms with Crippen molar-refractivity contribution in [3.8, 4) is 0 Å². The summed E-state index contributed by atoms with van der Waals surface area (Å²) in [7, 11) is 1.62. The number of para-hydroxylation sites is 1. The maximum atomic E-state index is 11.7. The Morgan fingerprint density at radius 2 is 1.89 bits per heavy atom. The van der Waals surface area contributed by atoms with E-state index in [1.165, 1.54) is 4.90 Å². The molecule has 0 aliphatic rings. The van der Waals surface area contributed by atoms with Crippen LogP contribution in [0.1, 0.15) is 6.92 Å². The standard InChI is InChI=1S/C13H19N3O2/c1-3-14-9-13(18)16(2)10-12(17)15-11-7-5-4-6-8-11/h4-8,14H,3,9-10H2,1-2H3,(H,15,17). The van der Waals surface area contributed by atoms with Gasteiger partial charge >= 0.3 is 0 Å². The van der Waals surface area contributed by atoms with Gasteiger partial charge in [-0.15, -0.1) is 0 Å². The summed E-state index contributed by atoms with van der Waals surface area (Å²) in [5, 5.41) is 5.66. The number of carbonyl (C=O) groups excluding carboxylic acids is 2. The Morgan fingerprint density at radius 1 is 1.22 bits per heavy atom. The van der Waals surface area contributed by atoms with Crippen molar-refractivity contribution >= 4 is 17.5 Å². The molecule has 18 heavy (non-hydrogen) atoms. The molecule has 0 fully saturated rings. The Hall–Kier alpha value is -1.88. The van der Waals surface area contributed by atoms with E-state index in [0.29, 0.717) is 0 Å². The highest BCUT2D eigenvalue weighted by molar-refractivity contribution is 5.94. The molecule has 0 aromatic heterocycles. The van der Waals surface area contributed by atoms with Crippen LogP contribution in [0.15, 0.2) is 30.3 Å². The SMILES string of the molecule is CCNCC(=O)N(C)CC(=O)Nc1ccccc1. The zero-order valence-corrected chi connectivity index (χ0v) is 10.8. The third-order valence-corrected chi connectivity index (χ3v) is 2.39. The highest BCUT2D eigenvalue weighted by atomic mass is 16.2. The number of amides is 2. The van der Waals surface area contributed by atoms with Crippen molar-refractivity contribution in [2.45, 2.75) is 6.92 Å². The summed E-state index contributed by atoms with van der Waals surface area (Å²) in [6.07, 6.45) is 0. The zero-order valence-electron chi connectivity index (χ0n) is 10.8. The molecule has 0 radical (unpaired) electrons. The quantitative estimate of drug-likeness (QED) is 0.780. The fourth-order valence-corrected chi connectivity index (χ4v) is 1.39. The van der Waals surface area contributed by atoms with Gasteiger partial charge in [-0.3, -0.25) is 9.59 Å². The van der Waals surface area contributed by atoms with Crippen molar-refractivity contribution in [2.75, 3.05) is 32.0 Å². The van der Waals surface area contributed by atoms with Crippen molar-refractivity contribution in [3.63, 3.8) is 0 Å². The molecule has 1 aromatic rings. The fourth-order valence-electron chi connectivity index (χ4n) is 1.39. The number of benzene rings is 1. The van der Waals surface area contributed by atoms with E-state index >= 15 is 0 Å². The van der Waals surface area contributed by atoms with E-state index in [9.17, 15) is 9.59 Å². The Morgan fingerprint density at radius 3 is 2.50 bits per heavy atom. The van der Waals surface area contributed by atoms with E-state index in [-0.39, 0.29) is 24.9 Å². The second kappa shape index (κ2) is 7.45. The largest absolute Gasteiger partial charge is 0.335 e. The maximum absolute atomic E-state index is 11.7. The van der Waals surface area contributed by atoms with Gasteiger partial charge in [-0.05, 0) is 18.7 Å². The summed E-state index contributed by atoms with van der Waals surface area (Å²) >= 11 is 0. The smallest absolute Gasteiger partial charge is 0.243 e. The summed E-state index contributed by atoms with van der Waals surface area (Å²) in [5.74, 6) is -0.298. The van der Waals surface area contributed by atoms with Gasteiger partial charge in [-0.25, -0.2) is 0 Å². The summed E-state index contributed by atoms with van der Waals surface area (Å²) in [6.45, 7) is 2.97. The number of hydrogen-bond acceptors (Lipinski definition) is 3. The number of nitrogens with zero attached hydrogens (tertiary/aromatic N) is 1. The van der Waals surface area contributed by atoms with Gasteiger partial charge in [0, 0.05) is 12.7 Å². The zero-order chi connectivity index (χ0) is 13.4. The Kier molecular flexibility index (Phi) is 5.87. The number of likely N-dealkylation sites (N-methyl/N-ethyl adjacent to an activating group) is 2. The third-order valence-electron chi connectivity index (χ3n) is 2.39. The van der Waals surface area contributed by atoms with Crippen molar-refractivity contribution in [3.05, 3.63) is 30.3 Å². The first-order chi connectivity index (χ1) is 8.63. The van der Waals surface area contributed by atoms with E-state index < -0.39 is 0 Å². The second-order valence-corrected chi connectivity index (χ2v) is 3.94. The van der Waals surface area contributed by atoms with Crippen LogP contribution >= 0.6 is 0 Å². The van der Waals surface area contributed by atoms with Crippen LogP contribution in [0, 0.1) is 0 Å². The molecule has 0 unspecified atom stereocenters. The lowest BCUT2D eigenvalue weighted by molar-refractivity contribution is -0.132. The first-order valence-corrected chi connectivity index (χ1v) is 5.93. The normalized spacial score (nSPS) is 9.89. The van der Waals surface area contributed by atoms with Crippen LogP contribution in [0.5, 0.6) is 0 Å². The minimum atomic E-state index is -0.200. The van der Waals surface area contributed by atoms with Crippen LogP contribution in [0.25, 0.3) is 0 Å². The number of hydrogen-bond donors (Lipinski definition) is 2. The maximum Gasteiger partial charge on any atom is 0.243 e. The number of nitrogens with one attached hydrogen (secondary N) is 2. The molecule has 0 aliphatic carbocycles. The molecule has 0 saturated carbocycles. The Labute approximate surface area is 107 Å². The van der Waals surface area contributed by atoms with E-state index in [1.807, 2.05) is 25.1 Å². The monoisotopic (exact) mass is 249 g/mol. The lowest BCUT2D eigenvalue weighted by Gasteiger charge is -2.16. The average Bonchev–Trinajstić information content (AvgIpc) is 2.36. The van der Waals surface area contributed by atoms with Gasteiger partial charge in [0.05, 0.1) is 13.1 Å². The fraction of sp³-hybridized carbons (Fsp3) is 0.385. The minimum absolute atomic E-state index is 0.0547. The molecule has 0 bridgehead atoms. The third kappa shape index (κ3) is 4.97. The molecule has 5 nitrogen and oxygen atoms in total. The Balaban J connectivity index is 2.38. The van der Waals surface area contributed by atoms with Crippen molar-refractivity contribution in [1.29, 1.82) is 0 Å². The van der Waals surface area contributed by atoms with Gasteiger partial charge < -0.3 is 15.5 Å². The minimum Gasteiger partial charge on any atom is -0.335 e. The topological polar surface area (TPSA) is 61.4 Å². The summed E-state index contributed by atoms with van der Waals surface area (Å²) in [5.41, 5.74) is 0.732. The second-order valence-electron chi connectivity index (χ2n) is 3.94. The number of anilines is 1. The molecular weight excluding hydrogens is 230 g/mol. The van der Waals surface area contributed by atoms with Crippen molar-refractivity contribution in [2.24, 2.45) is 0 Å². The molecule has 2 amide bonds. The van der Waals surface area contributed by atoms with Gasteiger partial charge in [-0.1, -0.05) is 25.1 Å². The molecule has 5 heteroatoms. The lowest BCUT2D eigenvalue weighted by Crippen LogP contribution is -2.39. The average molecular weight is 249 g/mol. The van der Waals surface area contributed by atoms with Gasteiger partial charge in [-0.2, -0.15) is 0 Å². The highest BCUT2D eigenvalue weighted by Gasteiger charge is 2.12. The van der Waals surface area contributed by atoms with Crippen LogP contribution in [0.3, 0.4) is 0 Å².